The molecule has 0 aliphatic rings. The zero-order chi connectivity index (χ0) is 17.1. The molecule has 2 heterocycles. The lowest BCUT2D eigenvalue weighted by Gasteiger charge is -2.23. The number of tetrazole rings is 1. The molecule has 0 unspecified atom stereocenters. The molecule has 1 atom stereocenters. The van der Waals surface area contributed by atoms with E-state index in [1.807, 2.05) is 30.3 Å². The maximum Gasteiger partial charge on any atom is 0.170 e. The fraction of sp³-hybridized carbons (Fsp3) is 0.412. The zero-order valence-electron chi connectivity index (χ0n) is 14.5. The van der Waals surface area contributed by atoms with E-state index in [4.69, 9.17) is 0 Å². The third-order valence-electron chi connectivity index (χ3n) is 4.15. The first-order valence-corrected chi connectivity index (χ1v) is 8.91. The van der Waals surface area contributed by atoms with Gasteiger partial charge in [-0.25, -0.2) is 4.98 Å². The van der Waals surface area contributed by atoms with Crippen molar-refractivity contribution in [2.45, 2.75) is 39.8 Å². The lowest BCUT2D eigenvalue weighted by Crippen LogP contribution is -2.24. The van der Waals surface area contributed by atoms with Crippen LogP contribution in [0, 0.1) is 6.92 Å². The van der Waals surface area contributed by atoms with Crippen LogP contribution in [-0.2, 0) is 13.0 Å². The van der Waals surface area contributed by atoms with Gasteiger partial charge in [0.15, 0.2) is 5.82 Å². The lowest BCUT2D eigenvalue weighted by atomic mass is 10.2. The van der Waals surface area contributed by atoms with Gasteiger partial charge < -0.3 is 0 Å². The van der Waals surface area contributed by atoms with E-state index in [-0.39, 0.29) is 6.04 Å². The third-order valence-corrected chi connectivity index (χ3v) is 5.62. The number of aromatic nitrogens is 5. The van der Waals surface area contributed by atoms with Gasteiger partial charge in [-0.05, 0) is 49.9 Å². The number of para-hydroxylation sites is 1. The van der Waals surface area contributed by atoms with Gasteiger partial charge in [-0.1, -0.05) is 25.1 Å². The van der Waals surface area contributed by atoms with Gasteiger partial charge >= 0.3 is 0 Å². The summed E-state index contributed by atoms with van der Waals surface area (Å²) in [5, 5.41) is 13.4. The molecule has 0 amide bonds. The maximum absolute atomic E-state index is 4.64. The second-order valence-electron chi connectivity index (χ2n) is 5.84. The topological polar surface area (TPSA) is 59.7 Å². The van der Waals surface area contributed by atoms with Crippen molar-refractivity contribution < 1.29 is 0 Å². The Kier molecular flexibility index (Phi) is 5.01. The number of aryl methyl sites for hydroxylation is 2. The van der Waals surface area contributed by atoms with Gasteiger partial charge in [0.05, 0.1) is 22.9 Å². The first-order valence-electron chi connectivity index (χ1n) is 8.09. The van der Waals surface area contributed by atoms with Gasteiger partial charge in [0.2, 0.25) is 0 Å². The van der Waals surface area contributed by atoms with Crippen LogP contribution in [0.5, 0.6) is 0 Å². The predicted molar refractivity (Wildman–Crippen MR) is 95.3 cm³/mol. The summed E-state index contributed by atoms with van der Waals surface area (Å²) in [4.78, 5) is 8.21. The van der Waals surface area contributed by atoms with E-state index in [9.17, 15) is 0 Å². The average molecular weight is 342 g/mol. The number of nitrogens with zero attached hydrogens (tertiary/aromatic N) is 6. The van der Waals surface area contributed by atoms with Crippen molar-refractivity contribution in [2.75, 3.05) is 7.05 Å². The molecule has 1 aromatic carbocycles. The van der Waals surface area contributed by atoms with Gasteiger partial charge in [0.25, 0.3) is 0 Å². The normalized spacial score (nSPS) is 12.7. The third kappa shape index (κ3) is 3.37. The van der Waals surface area contributed by atoms with Crippen LogP contribution in [0.2, 0.25) is 0 Å². The van der Waals surface area contributed by atoms with E-state index in [2.05, 4.69) is 53.2 Å². The van der Waals surface area contributed by atoms with Gasteiger partial charge in [0, 0.05) is 10.9 Å². The Morgan fingerprint density at radius 3 is 2.67 bits per heavy atom. The summed E-state index contributed by atoms with van der Waals surface area (Å²) in [6.45, 7) is 7.10. The Labute approximate surface area is 146 Å². The minimum Gasteiger partial charge on any atom is -0.291 e. The minimum absolute atomic E-state index is 0.267. The molecule has 0 aliphatic carbocycles. The van der Waals surface area contributed by atoms with E-state index in [1.165, 1.54) is 9.88 Å². The number of benzene rings is 1. The SMILES string of the molecule is CCc1nc(C)c([C@H](C)N(C)Cc2nnnn2-c2ccccc2)s1. The van der Waals surface area contributed by atoms with E-state index in [1.54, 1.807) is 16.0 Å². The van der Waals surface area contributed by atoms with E-state index in [0.717, 1.165) is 23.6 Å². The molecule has 2 aromatic heterocycles. The molecule has 0 spiro atoms. The molecule has 3 aromatic rings. The van der Waals surface area contributed by atoms with E-state index < -0.39 is 0 Å². The highest BCUT2D eigenvalue weighted by atomic mass is 32.1. The first-order chi connectivity index (χ1) is 11.6. The number of thiazole rings is 1. The summed E-state index contributed by atoms with van der Waals surface area (Å²) in [7, 11) is 2.10. The Hall–Kier alpha value is -2.12. The highest BCUT2D eigenvalue weighted by Crippen LogP contribution is 2.29. The molecule has 0 N–H and O–H groups in total. The van der Waals surface area contributed by atoms with Crippen molar-refractivity contribution in [1.29, 1.82) is 0 Å². The van der Waals surface area contributed by atoms with Crippen LogP contribution in [0.4, 0.5) is 0 Å². The summed E-state index contributed by atoms with van der Waals surface area (Å²) in [6, 6.07) is 10.2. The molecule has 3 rings (SSSR count). The molecule has 126 valence electrons. The number of hydrogen-bond donors (Lipinski definition) is 0. The maximum atomic E-state index is 4.64. The summed E-state index contributed by atoms with van der Waals surface area (Å²) < 4.78 is 1.79. The predicted octanol–water partition coefficient (Wildman–Crippen LogP) is 3.18. The van der Waals surface area contributed by atoms with Crippen molar-refractivity contribution in [3.63, 3.8) is 0 Å². The zero-order valence-corrected chi connectivity index (χ0v) is 15.3. The molecular weight excluding hydrogens is 320 g/mol. The molecule has 6 nitrogen and oxygen atoms in total. The van der Waals surface area contributed by atoms with Crippen LogP contribution < -0.4 is 0 Å². The van der Waals surface area contributed by atoms with Crippen molar-refractivity contribution >= 4 is 11.3 Å². The Balaban J connectivity index is 1.79. The average Bonchev–Trinajstić information content (AvgIpc) is 3.21. The molecule has 0 radical (unpaired) electrons. The van der Waals surface area contributed by atoms with Crippen molar-refractivity contribution in [3.8, 4) is 5.69 Å². The molecule has 0 saturated heterocycles. The Bertz CT molecular complexity index is 795. The van der Waals surface area contributed by atoms with Gasteiger partial charge in [-0.2, -0.15) is 4.68 Å². The Morgan fingerprint density at radius 2 is 2.00 bits per heavy atom. The Morgan fingerprint density at radius 1 is 1.25 bits per heavy atom. The molecule has 7 heteroatoms. The second-order valence-corrected chi connectivity index (χ2v) is 6.96. The van der Waals surface area contributed by atoms with E-state index >= 15 is 0 Å². The molecule has 0 aliphatic heterocycles. The van der Waals surface area contributed by atoms with Gasteiger partial charge in [0.1, 0.15) is 0 Å². The van der Waals surface area contributed by atoms with Crippen molar-refractivity contribution in [1.82, 2.24) is 30.1 Å². The van der Waals surface area contributed by atoms with Crippen LogP contribution in [0.25, 0.3) is 5.69 Å². The van der Waals surface area contributed by atoms with Gasteiger partial charge in [-0.15, -0.1) is 16.4 Å². The molecular formula is C17H22N6S. The largest absolute Gasteiger partial charge is 0.291 e. The van der Waals surface area contributed by atoms with Crippen LogP contribution in [0.1, 0.15) is 41.3 Å². The number of hydrogen-bond acceptors (Lipinski definition) is 6. The van der Waals surface area contributed by atoms with Crippen LogP contribution in [-0.4, -0.2) is 37.1 Å². The number of rotatable bonds is 6. The molecule has 24 heavy (non-hydrogen) atoms. The summed E-state index contributed by atoms with van der Waals surface area (Å²) in [6.07, 6.45) is 0.980. The molecule has 0 fully saturated rings. The summed E-state index contributed by atoms with van der Waals surface area (Å²) in [5.41, 5.74) is 2.10. The monoisotopic (exact) mass is 342 g/mol. The van der Waals surface area contributed by atoms with Crippen molar-refractivity contribution in [2.24, 2.45) is 0 Å². The lowest BCUT2D eigenvalue weighted by molar-refractivity contribution is 0.247. The standard InChI is InChI=1S/C17H22N6S/c1-5-16-18-12(2)17(24-16)13(3)22(4)11-15-19-20-21-23(15)14-9-7-6-8-10-14/h6-10,13H,5,11H2,1-4H3/t13-/m0/s1. The minimum atomic E-state index is 0.267. The summed E-state index contributed by atoms with van der Waals surface area (Å²) in [5.74, 6) is 0.827. The molecule has 0 bridgehead atoms. The van der Waals surface area contributed by atoms with Crippen LogP contribution in [0.3, 0.4) is 0 Å². The van der Waals surface area contributed by atoms with Gasteiger partial charge in [-0.3, -0.25) is 4.90 Å². The highest BCUT2D eigenvalue weighted by Gasteiger charge is 2.20. The quantitative estimate of drug-likeness (QED) is 0.688. The van der Waals surface area contributed by atoms with Crippen LogP contribution in [0.15, 0.2) is 30.3 Å². The fourth-order valence-electron chi connectivity index (χ4n) is 2.64. The summed E-state index contributed by atoms with van der Waals surface area (Å²) >= 11 is 1.80. The second kappa shape index (κ2) is 7.19. The highest BCUT2D eigenvalue weighted by molar-refractivity contribution is 7.11. The van der Waals surface area contributed by atoms with Crippen molar-refractivity contribution in [3.05, 3.63) is 51.7 Å². The smallest absolute Gasteiger partial charge is 0.170 e. The van der Waals surface area contributed by atoms with E-state index in [0.29, 0.717) is 6.54 Å². The fourth-order valence-corrected chi connectivity index (χ4v) is 3.76. The van der Waals surface area contributed by atoms with Crippen LogP contribution >= 0.6 is 11.3 Å². The first kappa shape index (κ1) is 16.7. The molecule has 0 saturated carbocycles.